The number of nitrogens with one attached hydrogen (secondary N) is 2. The van der Waals surface area contributed by atoms with Crippen molar-refractivity contribution >= 4 is 23.3 Å². The smallest absolute Gasteiger partial charge is 0.321 e. The van der Waals surface area contributed by atoms with Crippen LogP contribution in [0.4, 0.5) is 16.2 Å². The number of carbonyl (C=O) groups excluding carboxylic acids is 2. The Morgan fingerprint density at radius 2 is 2.00 bits per heavy atom. The lowest BCUT2D eigenvalue weighted by molar-refractivity contribution is -0.121. The number of anilines is 2. The predicted molar refractivity (Wildman–Crippen MR) is 120 cm³/mol. The average molecular weight is 424 g/mol. The van der Waals surface area contributed by atoms with Crippen molar-refractivity contribution in [2.75, 3.05) is 30.3 Å². The van der Waals surface area contributed by atoms with Crippen LogP contribution in [-0.2, 0) is 11.2 Å². The molecule has 0 aromatic heterocycles. The molecule has 31 heavy (non-hydrogen) atoms. The van der Waals surface area contributed by atoms with Crippen molar-refractivity contribution in [1.82, 2.24) is 4.90 Å². The number of likely N-dealkylation sites (tertiary alicyclic amines) is 1. The number of ether oxygens (including phenoxy) is 2. The van der Waals surface area contributed by atoms with Crippen molar-refractivity contribution in [3.63, 3.8) is 0 Å². The minimum Gasteiger partial charge on any atom is -0.492 e. The number of nitrogens with zero attached hydrogens (tertiary/aromatic N) is 1. The highest BCUT2D eigenvalue weighted by molar-refractivity contribution is 5.95. The first kappa shape index (κ1) is 21.0. The van der Waals surface area contributed by atoms with Crippen LogP contribution in [-0.4, -0.2) is 42.6 Å². The molecule has 4 rings (SSSR count). The van der Waals surface area contributed by atoms with Crippen LogP contribution < -0.4 is 20.1 Å². The molecule has 164 valence electrons. The van der Waals surface area contributed by atoms with Gasteiger partial charge in [-0.05, 0) is 44.9 Å². The van der Waals surface area contributed by atoms with Crippen LogP contribution in [0.3, 0.4) is 0 Å². The molecule has 0 saturated carbocycles. The molecule has 7 nitrogen and oxygen atoms in total. The van der Waals surface area contributed by atoms with Crippen molar-refractivity contribution in [2.24, 2.45) is 5.92 Å². The maximum Gasteiger partial charge on any atom is 0.321 e. The van der Waals surface area contributed by atoms with E-state index in [1.807, 2.05) is 56.3 Å². The molecule has 7 heteroatoms. The zero-order valence-corrected chi connectivity index (χ0v) is 18.0. The van der Waals surface area contributed by atoms with E-state index in [-0.39, 0.29) is 24.0 Å². The lowest BCUT2D eigenvalue weighted by Gasteiger charge is -2.32. The average Bonchev–Trinajstić information content (AvgIpc) is 3.13. The van der Waals surface area contributed by atoms with Crippen LogP contribution in [0.15, 0.2) is 42.5 Å². The molecule has 0 unspecified atom stereocenters. The Kier molecular flexibility index (Phi) is 6.30. The largest absolute Gasteiger partial charge is 0.492 e. The van der Waals surface area contributed by atoms with E-state index in [1.165, 1.54) is 0 Å². The van der Waals surface area contributed by atoms with E-state index in [0.29, 0.717) is 31.1 Å². The van der Waals surface area contributed by atoms with Gasteiger partial charge in [0.1, 0.15) is 17.6 Å². The zero-order chi connectivity index (χ0) is 21.8. The van der Waals surface area contributed by atoms with Crippen molar-refractivity contribution in [2.45, 2.75) is 39.2 Å². The lowest BCUT2D eigenvalue weighted by Crippen LogP contribution is -2.45. The van der Waals surface area contributed by atoms with Gasteiger partial charge in [0.25, 0.3) is 0 Å². The Morgan fingerprint density at radius 1 is 1.19 bits per heavy atom. The summed E-state index contributed by atoms with van der Waals surface area (Å²) < 4.78 is 11.6. The predicted octanol–water partition coefficient (Wildman–Crippen LogP) is 4.29. The molecule has 2 atom stereocenters. The Bertz CT molecular complexity index is 947. The quantitative estimate of drug-likeness (QED) is 0.752. The molecule has 0 aliphatic carbocycles. The Labute approximate surface area is 182 Å². The molecule has 2 aromatic carbocycles. The number of hydrogen-bond donors (Lipinski definition) is 2. The van der Waals surface area contributed by atoms with Crippen LogP contribution in [0.2, 0.25) is 0 Å². The maximum atomic E-state index is 13.0. The van der Waals surface area contributed by atoms with E-state index >= 15 is 0 Å². The van der Waals surface area contributed by atoms with Gasteiger partial charge in [-0.25, -0.2) is 4.79 Å². The summed E-state index contributed by atoms with van der Waals surface area (Å²) in [6.45, 7) is 5.47. The zero-order valence-electron chi connectivity index (χ0n) is 18.0. The number of hydrogen-bond acceptors (Lipinski definition) is 4. The molecular weight excluding hydrogens is 394 g/mol. The number of benzene rings is 2. The Balaban J connectivity index is 1.42. The number of urea groups is 1. The molecule has 0 spiro atoms. The fraction of sp³-hybridized carbons (Fsp3) is 0.417. The van der Waals surface area contributed by atoms with E-state index < -0.39 is 0 Å². The van der Waals surface area contributed by atoms with E-state index in [0.717, 1.165) is 36.3 Å². The number of carbonyl (C=O) groups is 2. The van der Waals surface area contributed by atoms with Crippen molar-refractivity contribution in [3.8, 4) is 11.5 Å². The normalized spacial score (nSPS) is 19.9. The SMILES string of the molecule is CCOc1cc2c(cc1NC(=O)[C@@H]1CCCN(C(=O)Nc3ccccc3)C1)O[C@H](C)C2. The summed E-state index contributed by atoms with van der Waals surface area (Å²) in [5.41, 5.74) is 2.45. The minimum atomic E-state index is -0.280. The number of fused-ring (bicyclic) bond motifs is 1. The summed E-state index contributed by atoms with van der Waals surface area (Å²) in [5, 5.41) is 5.91. The fourth-order valence-corrected chi connectivity index (χ4v) is 4.15. The summed E-state index contributed by atoms with van der Waals surface area (Å²) >= 11 is 0. The monoisotopic (exact) mass is 423 g/mol. The van der Waals surface area contributed by atoms with Gasteiger partial charge in [-0.3, -0.25) is 4.79 Å². The van der Waals surface area contributed by atoms with Crippen LogP contribution >= 0.6 is 0 Å². The molecular formula is C24H29N3O4. The van der Waals surface area contributed by atoms with Gasteiger partial charge in [0.15, 0.2) is 0 Å². The number of amides is 3. The molecule has 1 fully saturated rings. The van der Waals surface area contributed by atoms with Gasteiger partial charge >= 0.3 is 6.03 Å². The molecule has 0 radical (unpaired) electrons. The van der Waals surface area contributed by atoms with Crippen molar-refractivity contribution in [1.29, 1.82) is 0 Å². The summed E-state index contributed by atoms with van der Waals surface area (Å²) in [4.78, 5) is 27.4. The van der Waals surface area contributed by atoms with Gasteiger partial charge in [0, 0.05) is 36.8 Å². The standard InChI is InChI=1S/C24H29N3O4/c1-3-30-22-13-18-12-16(2)31-21(18)14-20(22)26-23(28)17-8-7-11-27(15-17)24(29)25-19-9-5-4-6-10-19/h4-6,9-10,13-14,16-17H,3,7-8,11-12,15H2,1-2H3,(H,25,29)(H,26,28)/t16-,17-/m1/s1. The van der Waals surface area contributed by atoms with Crippen molar-refractivity contribution in [3.05, 3.63) is 48.0 Å². The van der Waals surface area contributed by atoms with Crippen LogP contribution in [0, 0.1) is 5.92 Å². The summed E-state index contributed by atoms with van der Waals surface area (Å²) in [6, 6.07) is 13.0. The molecule has 3 amide bonds. The van der Waals surface area contributed by atoms with Gasteiger partial charge in [-0.2, -0.15) is 0 Å². The van der Waals surface area contributed by atoms with Gasteiger partial charge in [0.05, 0.1) is 18.2 Å². The molecule has 0 bridgehead atoms. The van der Waals surface area contributed by atoms with E-state index in [2.05, 4.69) is 10.6 Å². The first-order chi connectivity index (χ1) is 15.0. The van der Waals surface area contributed by atoms with Crippen molar-refractivity contribution < 1.29 is 19.1 Å². The second-order valence-corrected chi connectivity index (χ2v) is 8.09. The Hall–Kier alpha value is -3.22. The number of rotatable bonds is 5. The van der Waals surface area contributed by atoms with Gasteiger partial charge < -0.3 is 25.0 Å². The molecule has 2 aromatic rings. The molecule has 1 saturated heterocycles. The first-order valence-electron chi connectivity index (χ1n) is 10.9. The van der Waals surface area contributed by atoms with Crippen LogP contribution in [0.5, 0.6) is 11.5 Å². The third-order valence-electron chi connectivity index (χ3n) is 5.66. The van der Waals surface area contributed by atoms with E-state index in [4.69, 9.17) is 9.47 Å². The molecule has 2 N–H and O–H groups in total. The van der Waals surface area contributed by atoms with Gasteiger partial charge in [-0.15, -0.1) is 0 Å². The first-order valence-corrected chi connectivity index (χ1v) is 10.9. The highest BCUT2D eigenvalue weighted by Gasteiger charge is 2.30. The van der Waals surface area contributed by atoms with Crippen LogP contribution in [0.1, 0.15) is 32.3 Å². The number of piperidine rings is 1. The topological polar surface area (TPSA) is 79.9 Å². The summed E-state index contributed by atoms with van der Waals surface area (Å²) in [6.07, 6.45) is 2.47. The molecule has 2 aliphatic heterocycles. The lowest BCUT2D eigenvalue weighted by atomic mass is 9.97. The van der Waals surface area contributed by atoms with Gasteiger partial charge in [0.2, 0.25) is 5.91 Å². The van der Waals surface area contributed by atoms with Gasteiger partial charge in [-0.1, -0.05) is 18.2 Å². The van der Waals surface area contributed by atoms with E-state index in [1.54, 1.807) is 4.90 Å². The highest BCUT2D eigenvalue weighted by atomic mass is 16.5. The highest BCUT2D eigenvalue weighted by Crippen LogP contribution is 2.38. The molecule has 2 heterocycles. The molecule has 2 aliphatic rings. The van der Waals surface area contributed by atoms with Crippen LogP contribution in [0.25, 0.3) is 0 Å². The third kappa shape index (κ3) is 4.93. The second kappa shape index (κ2) is 9.29. The maximum absolute atomic E-state index is 13.0. The van der Waals surface area contributed by atoms with E-state index in [9.17, 15) is 9.59 Å². The fourth-order valence-electron chi connectivity index (χ4n) is 4.15. The second-order valence-electron chi connectivity index (χ2n) is 8.09. The summed E-state index contributed by atoms with van der Waals surface area (Å²) in [5.74, 6) is 1.06. The third-order valence-corrected chi connectivity index (χ3v) is 5.66. The minimum absolute atomic E-state index is 0.107. The summed E-state index contributed by atoms with van der Waals surface area (Å²) in [7, 11) is 0. The number of para-hydroxylation sites is 1. The Morgan fingerprint density at radius 3 is 2.77 bits per heavy atom.